The van der Waals surface area contributed by atoms with Crippen molar-refractivity contribution in [1.29, 1.82) is 0 Å². The number of hydrogen-bond donors (Lipinski definition) is 2. The van der Waals surface area contributed by atoms with Crippen molar-refractivity contribution in [2.24, 2.45) is 11.7 Å². The van der Waals surface area contributed by atoms with Crippen LogP contribution in [0.15, 0.2) is 12.1 Å². The molecule has 0 bridgehead atoms. The van der Waals surface area contributed by atoms with Gasteiger partial charge in [0.1, 0.15) is 18.3 Å². The zero-order valence-electron chi connectivity index (χ0n) is 16.1. The van der Waals surface area contributed by atoms with Gasteiger partial charge < -0.3 is 20.5 Å². The minimum Gasteiger partial charge on any atom is -0.475 e. The second-order valence-electron chi connectivity index (χ2n) is 7.87. The number of hydrogen-bond acceptors (Lipinski definition) is 5. The van der Waals surface area contributed by atoms with Crippen LogP contribution in [-0.2, 0) is 9.53 Å². The summed E-state index contributed by atoms with van der Waals surface area (Å²) in [6.07, 6.45) is 4.83. The highest BCUT2D eigenvalue weighted by atomic mass is 16.5. The predicted octanol–water partition coefficient (Wildman–Crippen LogP) is 2.15. The van der Waals surface area contributed by atoms with Gasteiger partial charge in [0.05, 0.1) is 6.10 Å². The Morgan fingerprint density at radius 3 is 2.70 bits per heavy atom. The summed E-state index contributed by atoms with van der Waals surface area (Å²) in [4.78, 5) is 28.7. The Bertz CT molecular complexity index is 682. The molecule has 0 aromatic carbocycles. The molecule has 1 aromatic rings. The molecule has 2 heterocycles. The standard InChI is InChI=1S/C20H29N3O4/c1-12(2)10-17(18(21)24)22-19(25)16-8-7-15(13-5-6-13)20(23-16)27-11-14-4-3-9-26-14/h7-8,12-14,17H,3-6,9-11H2,1-2H3,(H2,21,24)(H,22,25)/t14?,17-/m0/s1. The van der Waals surface area contributed by atoms with E-state index in [4.69, 9.17) is 15.2 Å². The van der Waals surface area contributed by atoms with Gasteiger partial charge in [-0.15, -0.1) is 0 Å². The van der Waals surface area contributed by atoms with Crippen LogP contribution in [0.4, 0.5) is 0 Å². The van der Waals surface area contributed by atoms with Crippen LogP contribution in [0.3, 0.4) is 0 Å². The molecule has 1 unspecified atom stereocenters. The van der Waals surface area contributed by atoms with Crippen LogP contribution in [-0.4, -0.2) is 42.2 Å². The lowest BCUT2D eigenvalue weighted by Crippen LogP contribution is -2.45. The maximum absolute atomic E-state index is 12.6. The Labute approximate surface area is 160 Å². The first-order chi connectivity index (χ1) is 12.9. The van der Waals surface area contributed by atoms with E-state index in [9.17, 15) is 9.59 Å². The van der Waals surface area contributed by atoms with Gasteiger partial charge in [-0.25, -0.2) is 4.98 Å². The molecule has 27 heavy (non-hydrogen) atoms. The fraction of sp³-hybridized carbons (Fsp3) is 0.650. The monoisotopic (exact) mass is 375 g/mol. The first-order valence-corrected chi connectivity index (χ1v) is 9.79. The molecule has 2 atom stereocenters. The number of ether oxygens (including phenoxy) is 2. The molecule has 3 N–H and O–H groups in total. The molecule has 1 saturated heterocycles. The number of aromatic nitrogens is 1. The highest BCUT2D eigenvalue weighted by Crippen LogP contribution is 2.43. The minimum absolute atomic E-state index is 0.0848. The molecule has 7 heteroatoms. The molecule has 1 aliphatic carbocycles. The Morgan fingerprint density at radius 2 is 2.11 bits per heavy atom. The summed E-state index contributed by atoms with van der Waals surface area (Å²) in [6.45, 7) is 5.16. The Kier molecular flexibility index (Phi) is 6.31. The zero-order valence-corrected chi connectivity index (χ0v) is 16.1. The van der Waals surface area contributed by atoms with E-state index in [1.165, 1.54) is 0 Å². The van der Waals surface area contributed by atoms with Gasteiger partial charge in [-0.2, -0.15) is 0 Å². The second-order valence-corrected chi connectivity index (χ2v) is 7.87. The zero-order chi connectivity index (χ0) is 19.4. The van der Waals surface area contributed by atoms with Gasteiger partial charge in [-0.3, -0.25) is 9.59 Å². The van der Waals surface area contributed by atoms with Crippen molar-refractivity contribution < 1.29 is 19.1 Å². The quantitative estimate of drug-likeness (QED) is 0.688. The number of pyridine rings is 1. The normalized spacial score (nSPS) is 20.5. The number of nitrogens with one attached hydrogen (secondary N) is 1. The van der Waals surface area contributed by atoms with Crippen molar-refractivity contribution in [2.75, 3.05) is 13.2 Å². The Balaban J connectivity index is 1.71. The van der Waals surface area contributed by atoms with Crippen LogP contribution >= 0.6 is 0 Å². The topological polar surface area (TPSA) is 104 Å². The predicted molar refractivity (Wildman–Crippen MR) is 101 cm³/mol. The van der Waals surface area contributed by atoms with Crippen molar-refractivity contribution in [1.82, 2.24) is 10.3 Å². The van der Waals surface area contributed by atoms with E-state index in [1.54, 1.807) is 6.07 Å². The summed E-state index contributed by atoms with van der Waals surface area (Å²) in [5, 5.41) is 2.70. The van der Waals surface area contributed by atoms with Gasteiger partial charge in [-0.1, -0.05) is 19.9 Å². The number of nitrogens with two attached hydrogens (primary N) is 1. The van der Waals surface area contributed by atoms with Crippen molar-refractivity contribution >= 4 is 11.8 Å². The van der Waals surface area contributed by atoms with E-state index in [2.05, 4.69) is 10.3 Å². The average Bonchev–Trinajstić information content (AvgIpc) is 3.34. The third-order valence-electron chi connectivity index (χ3n) is 4.93. The van der Waals surface area contributed by atoms with Gasteiger partial charge in [0, 0.05) is 12.2 Å². The largest absolute Gasteiger partial charge is 0.475 e. The summed E-state index contributed by atoms with van der Waals surface area (Å²) in [5.74, 6) is 0.233. The molecule has 1 aromatic heterocycles. The van der Waals surface area contributed by atoms with Gasteiger partial charge in [0.2, 0.25) is 11.8 Å². The van der Waals surface area contributed by atoms with E-state index in [-0.39, 0.29) is 17.7 Å². The second kappa shape index (κ2) is 8.69. The van der Waals surface area contributed by atoms with E-state index >= 15 is 0 Å². The van der Waals surface area contributed by atoms with Gasteiger partial charge >= 0.3 is 0 Å². The first-order valence-electron chi connectivity index (χ1n) is 9.79. The van der Waals surface area contributed by atoms with Crippen LogP contribution in [0.1, 0.15) is 67.9 Å². The molecule has 2 fully saturated rings. The van der Waals surface area contributed by atoms with Gasteiger partial charge in [0.15, 0.2) is 0 Å². The Morgan fingerprint density at radius 1 is 1.33 bits per heavy atom. The smallest absolute Gasteiger partial charge is 0.270 e. The molecular weight excluding hydrogens is 346 g/mol. The molecule has 2 amide bonds. The minimum atomic E-state index is -0.710. The van der Waals surface area contributed by atoms with Crippen molar-refractivity contribution in [3.63, 3.8) is 0 Å². The number of carbonyl (C=O) groups is 2. The maximum atomic E-state index is 12.6. The molecule has 0 spiro atoms. The number of nitrogens with zero attached hydrogens (tertiary/aromatic N) is 1. The van der Waals surface area contributed by atoms with E-state index in [1.807, 2.05) is 19.9 Å². The summed E-state index contributed by atoms with van der Waals surface area (Å²) < 4.78 is 11.5. The summed E-state index contributed by atoms with van der Waals surface area (Å²) in [7, 11) is 0. The molecule has 0 radical (unpaired) electrons. The van der Waals surface area contributed by atoms with Crippen LogP contribution < -0.4 is 15.8 Å². The van der Waals surface area contributed by atoms with Crippen molar-refractivity contribution in [3.8, 4) is 5.88 Å². The van der Waals surface area contributed by atoms with Crippen molar-refractivity contribution in [2.45, 2.75) is 64.0 Å². The molecule has 1 saturated carbocycles. The molecular formula is C20H29N3O4. The number of rotatable bonds is 9. The Hall–Kier alpha value is -2.15. The van der Waals surface area contributed by atoms with Crippen LogP contribution in [0.2, 0.25) is 0 Å². The van der Waals surface area contributed by atoms with Crippen LogP contribution in [0, 0.1) is 5.92 Å². The lowest BCUT2D eigenvalue weighted by molar-refractivity contribution is -0.120. The molecule has 7 nitrogen and oxygen atoms in total. The van der Waals surface area contributed by atoms with Gasteiger partial charge in [-0.05, 0) is 50.0 Å². The summed E-state index contributed by atoms with van der Waals surface area (Å²) in [5.41, 5.74) is 6.69. The SMILES string of the molecule is CC(C)C[C@H](NC(=O)c1ccc(C2CC2)c(OCC2CCCO2)n1)C(N)=O. The molecule has 148 valence electrons. The number of primary amides is 1. The van der Waals surface area contributed by atoms with Crippen LogP contribution in [0.25, 0.3) is 0 Å². The fourth-order valence-corrected chi connectivity index (χ4v) is 3.30. The third-order valence-corrected chi connectivity index (χ3v) is 4.93. The third kappa shape index (κ3) is 5.42. The number of carbonyl (C=O) groups excluding carboxylic acids is 2. The van der Waals surface area contributed by atoms with Crippen LogP contribution in [0.5, 0.6) is 5.88 Å². The highest BCUT2D eigenvalue weighted by molar-refractivity contribution is 5.96. The fourth-order valence-electron chi connectivity index (χ4n) is 3.30. The highest BCUT2D eigenvalue weighted by Gasteiger charge is 2.29. The number of amides is 2. The lowest BCUT2D eigenvalue weighted by Gasteiger charge is -2.18. The average molecular weight is 375 g/mol. The first kappa shape index (κ1) is 19.6. The maximum Gasteiger partial charge on any atom is 0.270 e. The van der Waals surface area contributed by atoms with E-state index in [0.29, 0.717) is 24.8 Å². The molecule has 3 rings (SSSR count). The molecule has 2 aliphatic rings. The summed E-state index contributed by atoms with van der Waals surface area (Å²) >= 11 is 0. The summed E-state index contributed by atoms with van der Waals surface area (Å²) in [6, 6.07) is 2.89. The van der Waals surface area contributed by atoms with E-state index < -0.39 is 17.9 Å². The van der Waals surface area contributed by atoms with E-state index in [0.717, 1.165) is 37.9 Å². The molecule has 1 aliphatic heterocycles. The lowest BCUT2D eigenvalue weighted by atomic mass is 10.0. The van der Waals surface area contributed by atoms with Crippen molar-refractivity contribution in [3.05, 3.63) is 23.4 Å². The van der Waals surface area contributed by atoms with Gasteiger partial charge in [0.25, 0.3) is 5.91 Å².